The number of methoxy groups -OCH3 is 1. The van der Waals surface area contributed by atoms with Crippen molar-refractivity contribution in [3.63, 3.8) is 0 Å². The summed E-state index contributed by atoms with van der Waals surface area (Å²) in [5.41, 5.74) is 3.26. The van der Waals surface area contributed by atoms with Gasteiger partial charge in [-0.25, -0.2) is 4.79 Å². The predicted octanol–water partition coefficient (Wildman–Crippen LogP) is 3.06. The number of fused-ring (bicyclic) bond motifs is 1. The summed E-state index contributed by atoms with van der Waals surface area (Å²) in [5.74, 6) is -0.801. The molecule has 0 fully saturated rings. The predicted molar refractivity (Wildman–Crippen MR) is 99.9 cm³/mol. The molecule has 1 amide bonds. The van der Waals surface area contributed by atoms with Crippen LogP contribution in [0.4, 0.5) is 0 Å². The molecule has 3 rings (SSSR count). The average molecular weight is 348 g/mol. The minimum Gasteiger partial charge on any atom is -0.467 e. The number of nitrogens with one attached hydrogen (secondary N) is 1. The summed E-state index contributed by atoms with van der Waals surface area (Å²) in [6.07, 6.45) is 1.95. The van der Waals surface area contributed by atoms with E-state index in [1.807, 2.05) is 55.5 Å². The quantitative estimate of drug-likeness (QED) is 0.720. The molecule has 132 valence electrons. The summed E-state index contributed by atoms with van der Waals surface area (Å²) in [6, 6.07) is 16.1. The number of benzene rings is 2. The first-order valence-corrected chi connectivity index (χ1v) is 8.36. The van der Waals surface area contributed by atoms with Crippen LogP contribution in [0.5, 0.6) is 0 Å². The van der Waals surface area contributed by atoms with Crippen molar-refractivity contribution < 1.29 is 14.3 Å². The van der Waals surface area contributed by atoms with Gasteiger partial charge in [0.25, 0.3) is 5.91 Å². The van der Waals surface area contributed by atoms with Gasteiger partial charge in [0.2, 0.25) is 0 Å². The van der Waals surface area contributed by atoms with Crippen LogP contribution >= 0.6 is 0 Å². The van der Waals surface area contributed by atoms with Gasteiger partial charge in [0.1, 0.15) is 6.04 Å². The molecular formula is C21H20N2O3. The number of rotatable bonds is 5. The highest BCUT2D eigenvalue weighted by Gasteiger charge is 2.23. The summed E-state index contributed by atoms with van der Waals surface area (Å²) in [4.78, 5) is 29.2. The number of para-hydroxylation sites is 1. The fourth-order valence-corrected chi connectivity index (χ4v) is 2.94. The number of carbonyl (C=O) groups is 2. The molecule has 5 heteroatoms. The Hall–Kier alpha value is -3.21. The van der Waals surface area contributed by atoms with Gasteiger partial charge in [-0.1, -0.05) is 48.0 Å². The molecule has 0 aliphatic carbocycles. The number of hydrogen-bond acceptors (Lipinski definition) is 4. The third kappa shape index (κ3) is 3.88. The Morgan fingerprint density at radius 2 is 1.92 bits per heavy atom. The molecule has 1 aromatic heterocycles. The molecule has 0 aliphatic rings. The number of aryl methyl sites for hydroxylation is 1. The van der Waals surface area contributed by atoms with Crippen LogP contribution in [0, 0.1) is 6.92 Å². The zero-order valence-corrected chi connectivity index (χ0v) is 14.7. The van der Waals surface area contributed by atoms with Crippen LogP contribution in [0.25, 0.3) is 10.9 Å². The number of hydrogen-bond donors (Lipinski definition) is 1. The van der Waals surface area contributed by atoms with E-state index in [4.69, 9.17) is 4.74 Å². The molecule has 1 N–H and O–H groups in total. The lowest BCUT2D eigenvalue weighted by molar-refractivity contribution is -0.142. The summed E-state index contributed by atoms with van der Waals surface area (Å²) in [5, 5.41) is 3.55. The van der Waals surface area contributed by atoms with Crippen LogP contribution in [0.3, 0.4) is 0 Å². The van der Waals surface area contributed by atoms with E-state index in [-0.39, 0.29) is 5.91 Å². The summed E-state index contributed by atoms with van der Waals surface area (Å²) < 4.78 is 4.87. The minimum atomic E-state index is -0.763. The highest BCUT2D eigenvalue weighted by atomic mass is 16.5. The fourth-order valence-electron chi connectivity index (χ4n) is 2.94. The Morgan fingerprint density at radius 1 is 1.12 bits per heavy atom. The van der Waals surface area contributed by atoms with Crippen molar-refractivity contribution in [2.75, 3.05) is 7.11 Å². The van der Waals surface area contributed by atoms with Crippen molar-refractivity contribution in [1.82, 2.24) is 10.3 Å². The molecule has 0 spiro atoms. The van der Waals surface area contributed by atoms with Crippen molar-refractivity contribution in [3.8, 4) is 0 Å². The van der Waals surface area contributed by atoms with Crippen LogP contribution in [-0.4, -0.2) is 30.0 Å². The van der Waals surface area contributed by atoms with Crippen molar-refractivity contribution >= 4 is 22.8 Å². The summed E-state index contributed by atoms with van der Waals surface area (Å²) >= 11 is 0. The SMILES string of the molecule is COC(=O)[C@@H](Cc1cccc(C)c1)NC(=O)c1ccnc2ccccc12. The first-order valence-electron chi connectivity index (χ1n) is 8.36. The second kappa shape index (κ2) is 7.78. The Labute approximate surface area is 152 Å². The van der Waals surface area contributed by atoms with Crippen LogP contribution < -0.4 is 5.32 Å². The van der Waals surface area contributed by atoms with Gasteiger partial charge in [0, 0.05) is 18.0 Å². The van der Waals surface area contributed by atoms with Gasteiger partial charge in [-0.05, 0) is 24.6 Å². The molecule has 0 bridgehead atoms. The highest BCUT2D eigenvalue weighted by molar-refractivity contribution is 6.07. The van der Waals surface area contributed by atoms with E-state index in [1.54, 1.807) is 12.3 Å². The van der Waals surface area contributed by atoms with Gasteiger partial charge in [-0.2, -0.15) is 0 Å². The third-order valence-corrected chi connectivity index (χ3v) is 4.21. The Bertz CT molecular complexity index is 947. The first kappa shape index (κ1) is 17.6. The summed E-state index contributed by atoms with van der Waals surface area (Å²) in [7, 11) is 1.32. The van der Waals surface area contributed by atoms with Gasteiger partial charge in [0.15, 0.2) is 0 Å². The van der Waals surface area contributed by atoms with E-state index in [9.17, 15) is 9.59 Å². The lowest BCUT2D eigenvalue weighted by Gasteiger charge is -2.17. The van der Waals surface area contributed by atoms with Crippen LogP contribution in [0.15, 0.2) is 60.8 Å². The van der Waals surface area contributed by atoms with E-state index in [0.717, 1.165) is 22.0 Å². The monoisotopic (exact) mass is 348 g/mol. The molecule has 0 radical (unpaired) electrons. The topological polar surface area (TPSA) is 68.3 Å². The maximum atomic E-state index is 12.8. The number of aromatic nitrogens is 1. The lowest BCUT2D eigenvalue weighted by Crippen LogP contribution is -2.43. The molecule has 1 atom stereocenters. The number of nitrogens with zero attached hydrogens (tertiary/aromatic N) is 1. The molecule has 1 heterocycles. The van der Waals surface area contributed by atoms with Crippen molar-refractivity contribution in [2.24, 2.45) is 0 Å². The Balaban J connectivity index is 1.86. The number of ether oxygens (including phenoxy) is 1. The van der Waals surface area contributed by atoms with Crippen molar-refractivity contribution in [3.05, 3.63) is 77.5 Å². The van der Waals surface area contributed by atoms with Crippen LogP contribution in [0.1, 0.15) is 21.5 Å². The van der Waals surface area contributed by atoms with Crippen molar-refractivity contribution in [2.45, 2.75) is 19.4 Å². The molecule has 3 aromatic rings. The Kier molecular flexibility index (Phi) is 5.27. The molecule has 2 aromatic carbocycles. The minimum absolute atomic E-state index is 0.327. The standard InChI is InChI=1S/C21H20N2O3/c1-14-6-5-7-15(12-14)13-19(21(25)26-2)23-20(24)17-10-11-22-18-9-4-3-8-16(17)18/h3-12,19H,13H2,1-2H3,(H,23,24)/t19-/m1/s1. The van der Waals surface area contributed by atoms with E-state index >= 15 is 0 Å². The lowest BCUT2D eigenvalue weighted by atomic mass is 10.0. The first-order chi connectivity index (χ1) is 12.6. The Morgan fingerprint density at radius 3 is 2.69 bits per heavy atom. The second-order valence-corrected chi connectivity index (χ2v) is 6.12. The normalized spacial score (nSPS) is 11.8. The zero-order valence-electron chi connectivity index (χ0n) is 14.7. The van der Waals surface area contributed by atoms with E-state index in [2.05, 4.69) is 10.3 Å². The summed E-state index contributed by atoms with van der Waals surface area (Å²) in [6.45, 7) is 1.98. The maximum absolute atomic E-state index is 12.8. The van der Waals surface area contributed by atoms with E-state index in [0.29, 0.717) is 12.0 Å². The third-order valence-electron chi connectivity index (χ3n) is 4.21. The molecule has 0 saturated heterocycles. The highest BCUT2D eigenvalue weighted by Crippen LogP contribution is 2.16. The van der Waals surface area contributed by atoms with Gasteiger partial charge in [-0.15, -0.1) is 0 Å². The van der Waals surface area contributed by atoms with Gasteiger partial charge in [0.05, 0.1) is 18.2 Å². The van der Waals surface area contributed by atoms with Gasteiger partial charge in [-0.3, -0.25) is 9.78 Å². The number of esters is 1. The van der Waals surface area contributed by atoms with Gasteiger partial charge >= 0.3 is 5.97 Å². The van der Waals surface area contributed by atoms with Crippen molar-refractivity contribution in [1.29, 1.82) is 0 Å². The average Bonchev–Trinajstić information content (AvgIpc) is 2.66. The number of amides is 1. The number of carbonyl (C=O) groups excluding carboxylic acids is 2. The van der Waals surface area contributed by atoms with E-state index < -0.39 is 12.0 Å². The number of pyridine rings is 1. The van der Waals surface area contributed by atoms with Crippen LogP contribution in [-0.2, 0) is 16.0 Å². The maximum Gasteiger partial charge on any atom is 0.328 e. The largest absolute Gasteiger partial charge is 0.467 e. The van der Waals surface area contributed by atoms with Crippen LogP contribution in [0.2, 0.25) is 0 Å². The molecule has 0 saturated carbocycles. The molecule has 26 heavy (non-hydrogen) atoms. The van der Waals surface area contributed by atoms with E-state index in [1.165, 1.54) is 7.11 Å². The molecule has 0 aliphatic heterocycles. The fraction of sp³-hybridized carbons (Fsp3) is 0.190. The molecular weight excluding hydrogens is 328 g/mol. The molecule has 0 unspecified atom stereocenters. The zero-order chi connectivity index (χ0) is 18.5. The van der Waals surface area contributed by atoms with Gasteiger partial charge < -0.3 is 10.1 Å². The smallest absolute Gasteiger partial charge is 0.328 e. The second-order valence-electron chi connectivity index (χ2n) is 6.12. The molecule has 5 nitrogen and oxygen atoms in total.